The average molecular weight is 289 g/mol. The van der Waals surface area contributed by atoms with Crippen LogP contribution in [0, 0.1) is 12.8 Å². The number of hydrogen-bond donors (Lipinski definition) is 1. The molecule has 0 amide bonds. The third kappa shape index (κ3) is 4.43. The summed E-state index contributed by atoms with van der Waals surface area (Å²) >= 11 is 5.39. The van der Waals surface area contributed by atoms with Gasteiger partial charge in [-0.15, -0.1) is 0 Å². The van der Waals surface area contributed by atoms with Crippen molar-refractivity contribution in [2.45, 2.75) is 13.8 Å². The van der Waals surface area contributed by atoms with Crippen molar-refractivity contribution in [3.8, 4) is 0 Å². The number of halogens is 1. The van der Waals surface area contributed by atoms with Crippen LogP contribution in [0.2, 0.25) is 0 Å². The van der Waals surface area contributed by atoms with Crippen molar-refractivity contribution in [3.63, 3.8) is 0 Å². The van der Waals surface area contributed by atoms with Crippen molar-refractivity contribution in [2.24, 2.45) is 5.92 Å². The lowest BCUT2D eigenvalue weighted by Gasteiger charge is -2.12. The first-order valence-electron chi connectivity index (χ1n) is 4.98. The van der Waals surface area contributed by atoms with Crippen LogP contribution in [-0.4, -0.2) is 23.5 Å². The summed E-state index contributed by atoms with van der Waals surface area (Å²) in [5.41, 5.74) is 1.17. The summed E-state index contributed by atoms with van der Waals surface area (Å²) in [6.07, 6.45) is 4.02. The number of nitrogens with zero attached hydrogens (tertiary/aromatic N) is 1. The second-order valence-corrected chi connectivity index (χ2v) is 5.55. The molecule has 4 heteroatoms. The summed E-state index contributed by atoms with van der Waals surface area (Å²) in [6.45, 7) is 5.25. The van der Waals surface area contributed by atoms with Crippen LogP contribution in [0.15, 0.2) is 16.7 Å². The Morgan fingerprint density at radius 2 is 2.33 bits per heavy atom. The average Bonchev–Trinajstić information content (AvgIpc) is 2.17. The lowest BCUT2D eigenvalue weighted by atomic mass is 10.2. The van der Waals surface area contributed by atoms with E-state index in [9.17, 15) is 0 Å². The number of anilines is 1. The molecule has 1 aromatic rings. The van der Waals surface area contributed by atoms with Crippen LogP contribution in [0.1, 0.15) is 12.5 Å². The minimum Gasteiger partial charge on any atom is -0.369 e. The molecular weight excluding hydrogens is 272 g/mol. The van der Waals surface area contributed by atoms with Gasteiger partial charge in [0.1, 0.15) is 5.82 Å². The maximum atomic E-state index is 4.35. The van der Waals surface area contributed by atoms with Gasteiger partial charge in [-0.1, -0.05) is 6.92 Å². The number of pyridine rings is 1. The van der Waals surface area contributed by atoms with Crippen LogP contribution >= 0.6 is 27.7 Å². The van der Waals surface area contributed by atoms with Gasteiger partial charge in [-0.25, -0.2) is 4.98 Å². The van der Waals surface area contributed by atoms with Crippen molar-refractivity contribution < 1.29 is 0 Å². The fourth-order valence-electron chi connectivity index (χ4n) is 1.28. The SMILES string of the molecule is CSCC(C)CNc1ncc(C)cc1Br. The fourth-order valence-corrected chi connectivity index (χ4v) is 2.57. The molecule has 0 aliphatic carbocycles. The zero-order valence-corrected chi connectivity index (χ0v) is 11.8. The standard InChI is InChI=1S/C11H17BrN2S/c1-8-4-10(12)11(13-5-8)14-6-9(2)7-15-3/h4-5,9H,6-7H2,1-3H3,(H,13,14). The summed E-state index contributed by atoms with van der Waals surface area (Å²) in [5, 5.41) is 3.35. The molecule has 84 valence electrons. The van der Waals surface area contributed by atoms with Crippen molar-refractivity contribution in [2.75, 3.05) is 23.9 Å². The highest BCUT2D eigenvalue weighted by atomic mass is 79.9. The highest BCUT2D eigenvalue weighted by Crippen LogP contribution is 2.20. The van der Waals surface area contributed by atoms with Gasteiger partial charge in [-0.2, -0.15) is 11.8 Å². The maximum Gasteiger partial charge on any atom is 0.140 e. The molecular formula is C11H17BrN2S. The Balaban J connectivity index is 2.50. The lowest BCUT2D eigenvalue weighted by molar-refractivity contribution is 0.699. The number of thioether (sulfide) groups is 1. The second kappa shape index (κ2) is 6.38. The van der Waals surface area contributed by atoms with E-state index in [1.54, 1.807) is 0 Å². The number of nitrogens with one attached hydrogen (secondary N) is 1. The highest BCUT2D eigenvalue weighted by Gasteiger charge is 2.04. The van der Waals surface area contributed by atoms with Gasteiger partial charge in [0, 0.05) is 12.7 Å². The van der Waals surface area contributed by atoms with Gasteiger partial charge >= 0.3 is 0 Å². The summed E-state index contributed by atoms with van der Waals surface area (Å²) in [4.78, 5) is 4.35. The van der Waals surface area contributed by atoms with Crippen LogP contribution < -0.4 is 5.32 Å². The predicted molar refractivity (Wildman–Crippen MR) is 72.7 cm³/mol. The molecule has 1 atom stereocenters. The molecule has 0 aliphatic heterocycles. The van der Waals surface area contributed by atoms with Gasteiger partial charge < -0.3 is 5.32 Å². The van der Waals surface area contributed by atoms with Gasteiger partial charge in [0.2, 0.25) is 0 Å². The molecule has 1 aromatic heterocycles. The third-order valence-electron chi connectivity index (χ3n) is 2.05. The zero-order valence-electron chi connectivity index (χ0n) is 9.38. The van der Waals surface area contributed by atoms with E-state index < -0.39 is 0 Å². The second-order valence-electron chi connectivity index (χ2n) is 3.78. The maximum absolute atomic E-state index is 4.35. The van der Waals surface area contributed by atoms with E-state index in [2.05, 4.69) is 45.5 Å². The van der Waals surface area contributed by atoms with Gasteiger partial charge in [-0.05, 0) is 52.4 Å². The van der Waals surface area contributed by atoms with E-state index in [0.29, 0.717) is 5.92 Å². The number of hydrogen-bond acceptors (Lipinski definition) is 3. The molecule has 0 aliphatic rings. The molecule has 0 saturated carbocycles. The van der Waals surface area contributed by atoms with Crippen molar-refractivity contribution in [3.05, 3.63) is 22.3 Å². The molecule has 2 nitrogen and oxygen atoms in total. The summed E-state index contributed by atoms with van der Waals surface area (Å²) in [6, 6.07) is 2.08. The first kappa shape index (κ1) is 12.8. The first-order chi connectivity index (χ1) is 7.13. The normalized spacial score (nSPS) is 12.5. The van der Waals surface area contributed by atoms with Gasteiger partial charge in [0.15, 0.2) is 0 Å². The molecule has 0 saturated heterocycles. The van der Waals surface area contributed by atoms with Crippen LogP contribution in [0.4, 0.5) is 5.82 Å². The molecule has 1 rings (SSSR count). The smallest absolute Gasteiger partial charge is 0.140 e. The molecule has 1 N–H and O–H groups in total. The monoisotopic (exact) mass is 288 g/mol. The Bertz CT molecular complexity index is 317. The van der Waals surface area contributed by atoms with Crippen LogP contribution in [-0.2, 0) is 0 Å². The Kier molecular flexibility index (Phi) is 5.47. The van der Waals surface area contributed by atoms with E-state index in [0.717, 1.165) is 16.8 Å². The third-order valence-corrected chi connectivity index (χ3v) is 3.55. The molecule has 0 bridgehead atoms. The quantitative estimate of drug-likeness (QED) is 0.897. The van der Waals surface area contributed by atoms with Crippen LogP contribution in [0.5, 0.6) is 0 Å². The van der Waals surface area contributed by atoms with Crippen molar-refractivity contribution in [1.82, 2.24) is 4.98 Å². The Morgan fingerprint density at radius 3 is 2.93 bits per heavy atom. The zero-order chi connectivity index (χ0) is 11.3. The lowest BCUT2D eigenvalue weighted by Crippen LogP contribution is -2.14. The largest absolute Gasteiger partial charge is 0.369 e. The van der Waals surface area contributed by atoms with E-state index in [-0.39, 0.29) is 0 Å². The number of aryl methyl sites for hydroxylation is 1. The van der Waals surface area contributed by atoms with Crippen LogP contribution in [0.3, 0.4) is 0 Å². The first-order valence-corrected chi connectivity index (χ1v) is 7.17. The van der Waals surface area contributed by atoms with E-state index in [1.165, 1.54) is 11.3 Å². The molecule has 0 fully saturated rings. The van der Waals surface area contributed by atoms with Crippen molar-refractivity contribution in [1.29, 1.82) is 0 Å². The van der Waals surface area contributed by atoms with Gasteiger partial charge in [-0.3, -0.25) is 0 Å². The Labute approximate surface area is 104 Å². The Morgan fingerprint density at radius 1 is 1.60 bits per heavy atom. The summed E-state index contributed by atoms with van der Waals surface area (Å²) < 4.78 is 1.04. The van der Waals surface area contributed by atoms with Gasteiger partial charge in [0.05, 0.1) is 4.47 Å². The molecule has 1 unspecified atom stereocenters. The van der Waals surface area contributed by atoms with Gasteiger partial charge in [0.25, 0.3) is 0 Å². The highest BCUT2D eigenvalue weighted by molar-refractivity contribution is 9.10. The molecule has 0 radical (unpaired) electrons. The van der Waals surface area contributed by atoms with E-state index in [1.807, 2.05) is 24.9 Å². The number of aromatic nitrogens is 1. The van der Waals surface area contributed by atoms with E-state index >= 15 is 0 Å². The Hall–Kier alpha value is -0.220. The molecule has 1 heterocycles. The minimum atomic E-state index is 0.662. The molecule has 0 spiro atoms. The fraction of sp³-hybridized carbons (Fsp3) is 0.545. The summed E-state index contributed by atoms with van der Waals surface area (Å²) in [7, 11) is 0. The summed E-state index contributed by atoms with van der Waals surface area (Å²) in [5.74, 6) is 2.78. The predicted octanol–water partition coefficient (Wildman–Crippen LogP) is 3.56. The van der Waals surface area contributed by atoms with Crippen LogP contribution in [0.25, 0.3) is 0 Å². The van der Waals surface area contributed by atoms with Crippen molar-refractivity contribution >= 4 is 33.5 Å². The van der Waals surface area contributed by atoms with E-state index in [4.69, 9.17) is 0 Å². The number of rotatable bonds is 5. The minimum absolute atomic E-state index is 0.662. The topological polar surface area (TPSA) is 24.9 Å². The molecule has 15 heavy (non-hydrogen) atoms. The molecule has 0 aromatic carbocycles.